The largest absolute Gasteiger partial charge is 0.395 e. The van der Waals surface area contributed by atoms with E-state index in [4.69, 9.17) is 5.10 Å². The normalized spacial score (nSPS) is 11.2. The van der Waals surface area contributed by atoms with Crippen LogP contribution >= 0.6 is 0 Å². The van der Waals surface area contributed by atoms with Crippen LogP contribution < -0.4 is 4.90 Å². The minimum atomic E-state index is 0.102. The molecule has 3 aromatic rings. The fourth-order valence-corrected chi connectivity index (χ4v) is 2.83. The summed E-state index contributed by atoms with van der Waals surface area (Å²) in [6, 6.07) is 10.3. The second-order valence-corrected chi connectivity index (χ2v) is 5.96. The Kier molecular flexibility index (Phi) is 4.05. The summed E-state index contributed by atoms with van der Waals surface area (Å²) in [7, 11) is 1.96. The first kappa shape index (κ1) is 15.5. The molecule has 0 aliphatic carbocycles. The molecule has 0 spiro atoms. The SMILES string of the molecule is Cc1cccc(-c2cc3nc(C)c(C)c(N(C)CCO)n3n2)c1. The van der Waals surface area contributed by atoms with E-state index in [9.17, 15) is 5.11 Å². The number of hydrogen-bond donors (Lipinski definition) is 1. The Labute approximate surface area is 136 Å². The summed E-state index contributed by atoms with van der Waals surface area (Å²) in [5, 5.41) is 14.0. The lowest BCUT2D eigenvalue weighted by atomic mass is 10.1. The molecule has 0 radical (unpaired) electrons. The molecule has 0 aliphatic heterocycles. The molecule has 120 valence electrons. The average Bonchev–Trinajstić information content (AvgIpc) is 2.91. The number of hydrogen-bond acceptors (Lipinski definition) is 4. The van der Waals surface area contributed by atoms with Crippen LogP contribution in [0.3, 0.4) is 0 Å². The number of benzene rings is 1. The highest BCUT2D eigenvalue weighted by atomic mass is 16.3. The van der Waals surface area contributed by atoms with E-state index in [1.807, 2.05) is 42.4 Å². The maximum absolute atomic E-state index is 9.26. The second kappa shape index (κ2) is 6.01. The molecule has 0 bridgehead atoms. The molecule has 0 saturated carbocycles. The number of nitrogens with zero attached hydrogens (tertiary/aromatic N) is 4. The molecule has 0 saturated heterocycles. The van der Waals surface area contributed by atoms with E-state index in [1.54, 1.807) is 0 Å². The van der Waals surface area contributed by atoms with Crippen LogP contribution in [0.2, 0.25) is 0 Å². The van der Waals surface area contributed by atoms with Gasteiger partial charge in [0.05, 0.1) is 12.3 Å². The van der Waals surface area contributed by atoms with Crippen molar-refractivity contribution < 1.29 is 5.11 Å². The lowest BCUT2D eigenvalue weighted by Crippen LogP contribution is -2.25. The first-order chi connectivity index (χ1) is 11.0. The topological polar surface area (TPSA) is 53.7 Å². The van der Waals surface area contributed by atoms with Gasteiger partial charge in [0.15, 0.2) is 5.65 Å². The Morgan fingerprint density at radius 2 is 1.96 bits per heavy atom. The molecule has 2 heterocycles. The third kappa shape index (κ3) is 2.80. The van der Waals surface area contributed by atoms with Gasteiger partial charge < -0.3 is 10.0 Å². The number of aryl methyl sites for hydroxylation is 2. The molecular formula is C18H22N4O. The highest BCUT2D eigenvalue weighted by Crippen LogP contribution is 2.26. The molecular weight excluding hydrogens is 288 g/mol. The van der Waals surface area contributed by atoms with Crippen molar-refractivity contribution in [2.45, 2.75) is 20.8 Å². The van der Waals surface area contributed by atoms with Crippen LogP contribution in [-0.4, -0.2) is 39.9 Å². The van der Waals surface area contributed by atoms with Crippen molar-refractivity contribution in [1.82, 2.24) is 14.6 Å². The standard InChI is InChI=1S/C18H22N4O/c1-12-6-5-7-15(10-12)16-11-17-19-14(3)13(2)18(22(17)20-16)21(4)8-9-23/h5-7,10-11,23H,8-9H2,1-4H3. The van der Waals surface area contributed by atoms with E-state index in [-0.39, 0.29) is 6.61 Å². The predicted octanol–water partition coefficient (Wildman–Crippen LogP) is 2.75. The van der Waals surface area contributed by atoms with Gasteiger partial charge in [-0.3, -0.25) is 0 Å². The first-order valence-electron chi connectivity index (χ1n) is 7.77. The summed E-state index contributed by atoms with van der Waals surface area (Å²) in [6.45, 7) is 6.78. The van der Waals surface area contributed by atoms with Crippen LogP contribution in [0.5, 0.6) is 0 Å². The van der Waals surface area contributed by atoms with Crippen LogP contribution in [0.1, 0.15) is 16.8 Å². The summed E-state index contributed by atoms with van der Waals surface area (Å²) in [4.78, 5) is 6.68. The molecule has 23 heavy (non-hydrogen) atoms. The van der Waals surface area contributed by atoms with Gasteiger partial charge in [0.1, 0.15) is 5.82 Å². The zero-order valence-corrected chi connectivity index (χ0v) is 14.0. The van der Waals surface area contributed by atoms with Gasteiger partial charge in [-0.25, -0.2) is 4.98 Å². The highest BCUT2D eigenvalue weighted by Gasteiger charge is 2.16. The number of fused-ring (bicyclic) bond motifs is 1. The first-order valence-corrected chi connectivity index (χ1v) is 7.77. The molecule has 5 heteroatoms. The minimum absolute atomic E-state index is 0.102. The zero-order valence-electron chi connectivity index (χ0n) is 14.0. The Morgan fingerprint density at radius 3 is 2.65 bits per heavy atom. The van der Waals surface area contributed by atoms with Gasteiger partial charge in [0, 0.05) is 36.5 Å². The van der Waals surface area contributed by atoms with Crippen LogP contribution in [0.4, 0.5) is 5.82 Å². The number of aliphatic hydroxyl groups is 1. The maximum atomic E-state index is 9.26. The van der Waals surface area contributed by atoms with Crippen molar-refractivity contribution in [3.05, 3.63) is 47.2 Å². The number of aliphatic hydroxyl groups excluding tert-OH is 1. The summed E-state index contributed by atoms with van der Waals surface area (Å²) < 4.78 is 1.87. The van der Waals surface area contributed by atoms with E-state index in [0.29, 0.717) is 6.54 Å². The predicted molar refractivity (Wildman–Crippen MR) is 93.0 cm³/mol. The molecule has 0 atom stereocenters. The summed E-state index contributed by atoms with van der Waals surface area (Å²) in [6.07, 6.45) is 0. The van der Waals surface area contributed by atoms with E-state index in [1.165, 1.54) is 5.56 Å². The molecule has 2 aromatic heterocycles. The molecule has 0 aliphatic rings. The van der Waals surface area contributed by atoms with Gasteiger partial charge in [-0.05, 0) is 26.8 Å². The van der Waals surface area contributed by atoms with Gasteiger partial charge in [-0.1, -0.05) is 23.8 Å². The van der Waals surface area contributed by atoms with Crippen molar-refractivity contribution in [3.63, 3.8) is 0 Å². The summed E-state index contributed by atoms with van der Waals surface area (Å²) >= 11 is 0. The molecule has 0 fully saturated rings. The monoisotopic (exact) mass is 310 g/mol. The fourth-order valence-electron chi connectivity index (χ4n) is 2.83. The lowest BCUT2D eigenvalue weighted by Gasteiger charge is -2.21. The van der Waals surface area contributed by atoms with Crippen molar-refractivity contribution in [2.24, 2.45) is 0 Å². The maximum Gasteiger partial charge on any atom is 0.158 e. The average molecular weight is 310 g/mol. The van der Waals surface area contributed by atoms with E-state index in [0.717, 1.165) is 34.0 Å². The Balaban J connectivity index is 2.21. The van der Waals surface area contributed by atoms with Crippen molar-refractivity contribution in [2.75, 3.05) is 25.1 Å². The molecule has 5 nitrogen and oxygen atoms in total. The van der Waals surface area contributed by atoms with Gasteiger partial charge in [0.25, 0.3) is 0 Å². The van der Waals surface area contributed by atoms with Gasteiger partial charge in [0.2, 0.25) is 0 Å². The highest BCUT2D eigenvalue weighted by molar-refractivity contribution is 5.67. The minimum Gasteiger partial charge on any atom is -0.395 e. The van der Waals surface area contributed by atoms with Gasteiger partial charge in [-0.2, -0.15) is 9.61 Å². The number of likely N-dealkylation sites (N-methyl/N-ethyl adjacent to an activating group) is 1. The fraction of sp³-hybridized carbons (Fsp3) is 0.333. The molecule has 1 N–H and O–H groups in total. The van der Waals surface area contributed by atoms with E-state index >= 15 is 0 Å². The Hall–Kier alpha value is -2.40. The smallest absolute Gasteiger partial charge is 0.158 e. The molecule has 3 rings (SSSR count). The summed E-state index contributed by atoms with van der Waals surface area (Å²) in [5.74, 6) is 0.973. The Bertz CT molecular complexity index is 854. The van der Waals surface area contributed by atoms with Crippen molar-refractivity contribution >= 4 is 11.5 Å². The van der Waals surface area contributed by atoms with Crippen molar-refractivity contribution in [1.29, 1.82) is 0 Å². The van der Waals surface area contributed by atoms with E-state index < -0.39 is 0 Å². The second-order valence-electron chi connectivity index (χ2n) is 5.96. The van der Waals surface area contributed by atoms with E-state index in [2.05, 4.69) is 30.1 Å². The number of anilines is 1. The third-order valence-corrected chi connectivity index (χ3v) is 4.16. The van der Waals surface area contributed by atoms with Crippen LogP contribution in [0.15, 0.2) is 30.3 Å². The lowest BCUT2D eigenvalue weighted by molar-refractivity contribution is 0.303. The molecule has 0 amide bonds. The van der Waals surface area contributed by atoms with Gasteiger partial charge in [-0.15, -0.1) is 0 Å². The Morgan fingerprint density at radius 1 is 1.17 bits per heavy atom. The van der Waals surface area contributed by atoms with Crippen LogP contribution in [0, 0.1) is 20.8 Å². The van der Waals surface area contributed by atoms with Gasteiger partial charge >= 0.3 is 0 Å². The van der Waals surface area contributed by atoms with Crippen LogP contribution in [0.25, 0.3) is 16.9 Å². The third-order valence-electron chi connectivity index (χ3n) is 4.16. The molecule has 1 aromatic carbocycles. The van der Waals surface area contributed by atoms with Crippen molar-refractivity contribution in [3.8, 4) is 11.3 Å². The quantitative estimate of drug-likeness (QED) is 0.805. The molecule has 0 unspecified atom stereocenters. The number of rotatable bonds is 4. The van der Waals surface area contributed by atoms with Crippen LogP contribution in [-0.2, 0) is 0 Å². The number of aromatic nitrogens is 3. The zero-order chi connectivity index (χ0) is 16.6. The summed E-state index contributed by atoms with van der Waals surface area (Å²) in [5.41, 5.74) is 6.08.